The number of hydrogen-bond donors (Lipinski definition) is 1. The molecule has 2 aromatic rings. The number of nitrogens with zero attached hydrogens (tertiary/aromatic N) is 3. The molecule has 0 aliphatic rings. The highest BCUT2D eigenvalue weighted by Gasteiger charge is 2.24. The van der Waals surface area contributed by atoms with E-state index in [1.807, 2.05) is 13.8 Å². The largest absolute Gasteiger partial charge is 0.365 e. The van der Waals surface area contributed by atoms with Gasteiger partial charge < -0.3 is 5.73 Å². The maximum absolute atomic E-state index is 12.8. The quantitative estimate of drug-likeness (QED) is 0.938. The van der Waals surface area contributed by atoms with Crippen LogP contribution in [0.3, 0.4) is 0 Å². The molecule has 0 radical (unpaired) electrons. The van der Waals surface area contributed by atoms with Crippen LogP contribution >= 0.6 is 15.9 Å². The van der Waals surface area contributed by atoms with Crippen LogP contribution in [0.15, 0.2) is 10.7 Å². The van der Waals surface area contributed by atoms with Crippen molar-refractivity contribution in [3.8, 4) is 0 Å². The lowest BCUT2D eigenvalue weighted by Gasteiger charge is -2.11. The molecular weight excluding hydrogens is 322 g/mol. The lowest BCUT2D eigenvalue weighted by molar-refractivity contribution is 0.0998. The van der Waals surface area contributed by atoms with Crippen molar-refractivity contribution in [3.05, 3.63) is 27.6 Å². The number of carbonyl (C=O) groups is 1. The van der Waals surface area contributed by atoms with Gasteiger partial charge >= 0.3 is 0 Å². The van der Waals surface area contributed by atoms with E-state index in [4.69, 9.17) is 5.73 Å². The van der Waals surface area contributed by atoms with Crippen LogP contribution in [0, 0.1) is 0 Å². The molecule has 19 heavy (non-hydrogen) atoms. The van der Waals surface area contributed by atoms with Gasteiger partial charge in [-0.05, 0) is 21.8 Å². The summed E-state index contributed by atoms with van der Waals surface area (Å²) in [5.74, 6) is -0.784. The molecular formula is C11H11BrF2N4O. The maximum atomic E-state index is 12.8. The summed E-state index contributed by atoms with van der Waals surface area (Å²) in [5, 5.41) is 3.83. The number of fused-ring (bicyclic) bond motifs is 1. The van der Waals surface area contributed by atoms with Crippen LogP contribution in [0.1, 0.15) is 47.9 Å². The monoisotopic (exact) mass is 332 g/mol. The van der Waals surface area contributed by atoms with E-state index in [2.05, 4.69) is 26.0 Å². The van der Waals surface area contributed by atoms with E-state index >= 15 is 0 Å². The molecule has 2 aromatic heterocycles. The van der Waals surface area contributed by atoms with Crippen molar-refractivity contribution in [2.45, 2.75) is 26.2 Å². The first-order valence-corrected chi connectivity index (χ1v) is 6.28. The van der Waals surface area contributed by atoms with Gasteiger partial charge in [-0.2, -0.15) is 5.10 Å². The summed E-state index contributed by atoms with van der Waals surface area (Å²) >= 11 is 3.06. The van der Waals surface area contributed by atoms with Crippen molar-refractivity contribution in [3.63, 3.8) is 0 Å². The molecule has 0 unspecified atom stereocenters. The average Bonchev–Trinajstić information content (AvgIpc) is 2.65. The van der Waals surface area contributed by atoms with Crippen LogP contribution in [0.4, 0.5) is 8.78 Å². The smallest absolute Gasteiger partial charge is 0.283 e. The molecule has 0 aliphatic heterocycles. The summed E-state index contributed by atoms with van der Waals surface area (Å²) in [4.78, 5) is 15.3. The molecule has 0 atom stereocenters. The molecule has 2 heterocycles. The standard InChI is InChI=1S/C11H11BrF2N4O/c1-4(2)8-5(10(15)19)3-16-11-6(12)7(9(13)14)17-18(8)11/h3-4,9H,1-2H3,(H2,15,19). The maximum Gasteiger partial charge on any atom is 0.283 e. The molecule has 2 rings (SSSR count). The van der Waals surface area contributed by atoms with E-state index in [-0.39, 0.29) is 21.6 Å². The fourth-order valence-corrected chi connectivity index (χ4v) is 2.40. The van der Waals surface area contributed by atoms with Crippen LogP contribution < -0.4 is 5.73 Å². The molecule has 0 fully saturated rings. The Kier molecular flexibility index (Phi) is 3.53. The lowest BCUT2D eigenvalue weighted by atomic mass is 10.0. The van der Waals surface area contributed by atoms with Gasteiger partial charge in [0.2, 0.25) is 0 Å². The molecule has 0 bridgehead atoms. The summed E-state index contributed by atoms with van der Waals surface area (Å²) in [6.45, 7) is 3.64. The van der Waals surface area contributed by atoms with Crippen LogP contribution in [0.25, 0.3) is 5.65 Å². The highest BCUT2D eigenvalue weighted by Crippen LogP contribution is 2.31. The Morgan fingerprint density at radius 3 is 2.58 bits per heavy atom. The third kappa shape index (κ3) is 2.20. The van der Waals surface area contributed by atoms with Gasteiger partial charge in [-0.25, -0.2) is 18.3 Å². The van der Waals surface area contributed by atoms with Gasteiger partial charge in [0.25, 0.3) is 12.3 Å². The van der Waals surface area contributed by atoms with Crippen LogP contribution in [-0.4, -0.2) is 20.5 Å². The SMILES string of the molecule is CC(C)c1c(C(N)=O)cnc2c(Br)c(C(F)F)nn12. The lowest BCUT2D eigenvalue weighted by Crippen LogP contribution is -2.18. The van der Waals surface area contributed by atoms with E-state index in [9.17, 15) is 13.6 Å². The number of alkyl halides is 2. The van der Waals surface area contributed by atoms with Gasteiger partial charge in [-0.3, -0.25) is 4.79 Å². The van der Waals surface area contributed by atoms with E-state index in [1.54, 1.807) is 0 Å². The molecule has 2 N–H and O–H groups in total. The van der Waals surface area contributed by atoms with Gasteiger partial charge in [0.15, 0.2) is 5.65 Å². The Bertz CT molecular complexity index is 654. The van der Waals surface area contributed by atoms with Gasteiger partial charge in [-0.1, -0.05) is 13.8 Å². The van der Waals surface area contributed by atoms with Gasteiger partial charge in [0, 0.05) is 6.20 Å². The third-order valence-electron chi connectivity index (χ3n) is 2.67. The second-order valence-electron chi connectivity index (χ2n) is 4.31. The van der Waals surface area contributed by atoms with E-state index in [0.717, 1.165) is 0 Å². The first-order valence-electron chi connectivity index (χ1n) is 5.49. The number of carbonyl (C=O) groups excluding carboxylic acids is 1. The van der Waals surface area contributed by atoms with Crippen molar-refractivity contribution in [2.75, 3.05) is 0 Å². The topological polar surface area (TPSA) is 73.3 Å². The normalized spacial score (nSPS) is 11.7. The molecule has 5 nitrogen and oxygen atoms in total. The first kappa shape index (κ1) is 13.9. The Balaban J connectivity index is 2.86. The minimum absolute atomic E-state index is 0.120. The van der Waals surface area contributed by atoms with Gasteiger partial charge in [-0.15, -0.1) is 0 Å². The first-order chi connectivity index (χ1) is 8.84. The van der Waals surface area contributed by atoms with E-state index in [1.165, 1.54) is 10.7 Å². The van der Waals surface area contributed by atoms with Crippen molar-refractivity contribution in [1.29, 1.82) is 0 Å². The van der Waals surface area contributed by atoms with Crippen LogP contribution in [0.5, 0.6) is 0 Å². The molecule has 0 saturated carbocycles. The fourth-order valence-electron chi connectivity index (χ4n) is 1.88. The number of rotatable bonds is 3. The van der Waals surface area contributed by atoms with Crippen LogP contribution in [0.2, 0.25) is 0 Å². The number of hydrogen-bond acceptors (Lipinski definition) is 3. The zero-order valence-electron chi connectivity index (χ0n) is 10.2. The zero-order valence-corrected chi connectivity index (χ0v) is 11.8. The summed E-state index contributed by atoms with van der Waals surface area (Å²) in [5.41, 5.74) is 5.74. The van der Waals surface area contributed by atoms with Gasteiger partial charge in [0.05, 0.1) is 15.7 Å². The Hall–Kier alpha value is -1.57. The number of amides is 1. The van der Waals surface area contributed by atoms with Crippen molar-refractivity contribution in [1.82, 2.24) is 14.6 Å². The summed E-state index contributed by atoms with van der Waals surface area (Å²) in [6, 6.07) is 0. The summed E-state index contributed by atoms with van der Waals surface area (Å²) < 4.78 is 27.0. The predicted molar refractivity (Wildman–Crippen MR) is 68.3 cm³/mol. The summed E-state index contributed by atoms with van der Waals surface area (Å²) in [6.07, 6.45) is -1.44. The minimum Gasteiger partial charge on any atom is -0.365 e. The molecule has 102 valence electrons. The number of nitrogens with two attached hydrogens (primary N) is 1. The summed E-state index contributed by atoms with van der Waals surface area (Å²) in [7, 11) is 0. The highest BCUT2D eigenvalue weighted by molar-refractivity contribution is 9.10. The molecule has 8 heteroatoms. The Labute approximate surface area is 115 Å². The Morgan fingerprint density at radius 2 is 2.11 bits per heavy atom. The van der Waals surface area contributed by atoms with Crippen molar-refractivity contribution < 1.29 is 13.6 Å². The van der Waals surface area contributed by atoms with E-state index < -0.39 is 18.0 Å². The number of aromatic nitrogens is 3. The van der Waals surface area contributed by atoms with E-state index in [0.29, 0.717) is 5.69 Å². The molecule has 0 aromatic carbocycles. The second kappa shape index (κ2) is 4.84. The Morgan fingerprint density at radius 1 is 1.47 bits per heavy atom. The number of primary amides is 1. The average molecular weight is 333 g/mol. The molecule has 0 spiro atoms. The highest BCUT2D eigenvalue weighted by atomic mass is 79.9. The number of halogens is 3. The molecule has 0 aliphatic carbocycles. The van der Waals surface area contributed by atoms with Crippen molar-refractivity contribution >= 4 is 27.5 Å². The minimum atomic E-state index is -2.73. The predicted octanol–water partition coefficient (Wildman–Crippen LogP) is 2.65. The van der Waals surface area contributed by atoms with Crippen LogP contribution in [-0.2, 0) is 0 Å². The second-order valence-corrected chi connectivity index (χ2v) is 5.10. The molecule has 0 saturated heterocycles. The zero-order chi connectivity index (χ0) is 14.3. The van der Waals surface area contributed by atoms with Crippen molar-refractivity contribution in [2.24, 2.45) is 5.73 Å². The fraction of sp³-hybridized carbons (Fsp3) is 0.364. The van der Waals surface area contributed by atoms with Gasteiger partial charge in [0.1, 0.15) is 5.69 Å². The molecule has 1 amide bonds. The third-order valence-corrected chi connectivity index (χ3v) is 3.43.